The average molecular weight is 289 g/mol. The molecular weight excluding hydrogens is 258 g/mol. The van der Waals surface area contributed by atoms with Gasteiger partial charge in [0.25, 0.3) is 0 Å². The van der Waals surface area contributed by atoms with E-state index < -0.39 is 0 Å². The van der Waals surface area contributed by atoms with Gasteiger partial charge in [-0.2, -0.15) is 0 Å². The molecule has 3 heteroatoms. The zero-order valence-corrected chi connectivity index (χ0v) is 13.9. The highest BCUT2D eigenvalue weighted by Gasteiger charge is 2.34. The lowest BCUT2D eigenvalue weighted by atomic mass is 9.78. The van der Waals surface area contributed by atoms with Crippen LogP contribution in [0.5, 0.6) is 0 Å². The Hall–Kier alpha value is -1.25. The van der Waals surface area contributed by atoms with Gasteiger partial charge < -0.3 is 10.6 Å². The normalized spacial score (nSPS) is 17.1. The molecule has 2 rings (SSSR count). The van der Waals surface area contributed by atoms with Gasteiger partial charge in [0.05, 0.1) is 0 Å². The summed E-state index contributed by atoms with van der Waals surface area (Å²) in [5.41, 5.74) is 0.489. The van der Waals surface area contributed by atoms with Crippen molar-refractivity contribution in [3.63, 3.8) is 0 Å². The van der Waals surface area contributed by atoms with E-state index in [1.54, 1.807) is 0 Å². The van der Waals surface area contributed by atoms with Crippen LogP contribution in [0.25, 0.3) is 0 Å². The second-order valence-electron chi connectivity index (χ2n) is 6.99. The molecule has 118 valence electrons. The Balaban J connectivity index is 1.94. The first-order valence-electron chi connectivity index (χ1n) is 8.58. The molecule has 1 aromatic heterocycles. The minimum Gasteiger partial charge on any atom is -0.370 e. The van der Waals surface area contributed by atoms with Gasteiger partial charge in [0.1, 0.15) is 11.6 Å². The van der Waals surface area contributed by atoms with Gasteiger partial charge in [-0.1, -0.05) is 39.7 Å². The molecule has 0 radical (unpaired) electrons. The molecule has 0 atom stereocenters. The summed E-state index contributed by atoms with van der Waals surface area (Å²) in [6.45, 7) is 8.90. The predicted molar refractivity (Wildman–Crippen MR) is 91.9 cm³/mol. The van der Waals surface area contributed by atoms with Crippen LogP contribution in [0.2, 0.25) is 0 Å². The van der Waals surface area contributed by atoms with Crippen LogP contribution in [0.1, 0.15) is 59.3 Å². The Bertz CT molecular complexity index is 422. The highest BCUT2D eigenvalue weighted by molar-refractivity contribution is 5.45. The summed E-state index contributed by atoms with van der Waals surface area (Å²) in [6.07, 6.45) is 7.96. The van der Waals surface area contributed by atoms with Crippen LogP contribution in [0.4, 0.5) is 11.6 Å². The number of rotatable bonds is 8. The number of nitrogens with one attached hydrogen (secondary N) is 2. The van der Waals surface area contributed by atoms with Crippen LogP contribution < -0.4 is 10.6 Å². The maximum absolute atomic E-state index is 4.66. The standard InChI is InChI=1S/C18H31N3/c1-4-12-19-16-8-7-9-17(21-16)20-14-18(13-15(2)3)10-5-6-11-18/h7-9,15H,4-6,10-14H2,1-3H3,(H2,19,20,21). The predicted octanol–water partition coefficient (Wildman–Crippen LogP) is 4.92. The van der Waals surface area contributed by atoms with E-state index in [0.717, 1.165) is 37.1 Å². The van der Waals surface area contributed by atoms with Crippen molar-refractivity contribution in [3.8, 4) is 0 Å². The fraction of sp³-hybridized carbons (Fsp3) is 0.722. The fourth-order valence-corrected chi connectivity index (χ4v) is 3.61. The SMILES string of the molecule is CCCNc1cccc(NCC2(CC(C)C)CCCC2)n1. The van der Waals surface area contributed by atoms with Crippen molar-refractivity contribution in [2.75, 3.05) is 23.7 Å². The summed E-state index contributed by atoms with van der Waals surface area (Å²) < 4.78 is 0. The van der Waals surface area contributed by atoms with Crippen LogP contribution in [0.15, 0.2) is 18.2 Å². The monoisotopic (exact) mass is 289 g/mol. The smallest absolute Gasteiger partial charge is 0.128 e. The summed E-state index contributed by atoms with van der Waals surface area (Å²) in [5, 5.41) is 6.95. The van der Waals surface area contributed by atoms with Gasteiger partial charge in [-0.05, 0) is 49.1 Å². The maximum Gasteiger partial charge on any atom is 0.128 e. The molecule has 0 saturated heterocycles. The van der Waals surface area contributed by atoms with Crippen molar-refractivity contribution >= 4 is 11.6 Å². The number of hydrogen-bond acceptors (Lipinski definition) is 3. The van der Waals surface area contributed by atoms with E-state index in [4.69, 9.17) is 0 Å². The van der Waals surface area contributed by atoms with Crippen molar-refractivity contribution in [1.29, 1.82) is 0 Å². The molecule has 3 nitrogen and oxygen atoms in total. The van der Waals surface area contributed by atoms with Gasteiger partial charge in [0, 0.05) is 13.1 Å². The molecule has 1 saturated carbocycles. The second-order valence-corrected chi connectivity index (χ2v) is 6.99. The number of pyridine rings is 1. The molecule has 1 aliphatic rings. The minimum absolute atomic E-state index is 0.489. The van der Waals surface area contributed by atoms with Gasteiger partial charge in [-0.25, -0.2) is 4.98 Å². The summed E-state index contributed by atoms with van der Waals surface area (Å²) >= 11 is 0. The summed E-state index contributed by atoms with van der Waals surface area (Å²) in [5.74, 6) is 2.76. The molecule has 0 aliphatic heterocycles. The molecule has 0 bridgehead atoms. The molecule has 1 heterocycles. The van der Waals surface area contributed by atoms with E-state index in [1.165, 1.54) is 32.1 Å². The van der Waals surface area contributed by atoms with Crippen molar-refractivity contribution in [3.05, 3.63) is 18.2 Å². The average Bonchev–Trinajstić information content (AvgIpc) is 2.91. The van der Waals surface area contributed by atoms with E-state index in [9.17, 15) is 0 Å². The third kappa shape index (κ3) is 4.90. The van der Waals surface area contributed by atoms with Gasteiger partial charge in [-0.15, -0.1) is 0 Å². The fourth-order valence-electron chi connectivity index (χ4n) is 3.61. The number of hydrogen-bond donors (Lipinski definition) is 2. The third-order valence-electron chi connectivity index (χ3n) is 4.46. The molecule has 0 amide bonds. The molecule has 0 unspecified atom stereocenters. The first-order valence-corrected chi connectivity index (χ1v) is 8.58. The van der Waals surface area contributed by atoms with E-state index >= 15 is 0 Å². The Morgan fingerprint density at radius 2 is 1.81 bits per heavy atom. The summed E-state index contributed by atoms with van der Waals surface area (Å²) in [7, 11) is 0. The molecule has 1 aliphatic carbocycles. The van der Waals surface area contributed by atoms with Crippen molar-refractivity contribution in [2.24, 2.45) is 11.3 Å². The number of nitrogens with zero attached hydrogens (tertiary/aromatic N) is 1. The van der Waals surface area contributed by atoms with Crippen LogP contribution in [0, 0.1) is 11.3 Å². The molecule has 2 N–H and O–H groups in total. The Kier molecular flexibility index (Phi) is 5.89. The lowest BCUT2D eigenvalue weighted by Gasteiger charge is -2.31. The topological polar surface area (TPSA) is 37.0 Å². The zero-order chi connectivity index (χ0) is 15.1. The Labute approximate surface area is 129 Å². The van der Waals surface area contributed by atoms with Crippen LogP contribution in [-0.2, 0) is 0 Å². The number of aromatic nitrogens is 1. The zero-order valence-electron chi connectivity index (χ0n) is 13.9. The molecule has 21 heavy (non-hydrogen) atoms. The largest absolute Gasteiger partial charge is 0.370 e. The lowest BCUT2D eigenvalue weighted by Crippen LogP contribution is -2.28. The molecule has 0 aromatic carbocycles. The Morgan fingerprint density at radius 3 is 2.43 bits per heavy atom. The quantitative estimate of drug-likeness (QED) is 0.713. The highest BCUT2D eigenvalue weighted by Crippen LogP contribution is 2.43. The van der Waals surface area contributed by atoms with Gasteiger partial charge in [0.15, 0.2) is 0 Å². The van der Waals surface area contributed by atoms with E-state index in [0.29, 0.717) is 5.41 Å². The first kappa shape index (κ1) is 16.1. The first-order chi connectivity index (χ1) is 10.1. The van der Waals surface area contributed by atoms with Crippen LogP contribution in [-0.4, -0.2) is 18.1 Å². The minimum atomic E-state index is 0.489. The molecule has 1 aromatic rings. The number of anilines is 2. The Morgan fingerprint density at radius 1 is 1.14 bits per heavy atom. The van der Waals surface area contributed by atoms with Crippen LogP contribution >= 0.6 is 0 Å². The van der Waals surface area contributed by atoms with Crippen molar-refractivity contribution < 1.29 is 0 Å². The summed E-state index contributed by atoms with van der Waals surface area (Å²) in [6, 6.07) is 6.20. The van der Waals surface area contributed by atoms with Gasteiger partial charge >= 0.3 is 0 Å². The molecule has 0 spiro atoms. The molecule has 1 fully saturated rings. The third-order valence-corrected chi connectivity index (χ3v) is 4.46. The second kappa shape index (κ2) is 7.67. The maximum atomic E-state index is 4.66. The van der Waals surface area contributed by atoms with E-state index in [1.807, 2.05) is 6.07 Å². The van der Waals surface area contributed by atoms with Gasteiger partial charge in [0.2, 0.25) is 0 Å². The molecular formula is C18H31N3. The van der Waals surface area contributed by atoms with Crippen LogP contribution in [0.3, 0.4) is 0 Å². The van der Waals surface area contributed by atoms with E-state index in [-0.39, 0.29) is 0 Å². The summed E-state index contributed by atoms with van der Waals surface area (Å²) in [4.78, 5) is 4.66. The van der Waals surface area contributed by atoms with Crippen molar-refractivity contribution in [2.45, 2.75) is 59.3 Å². The van der Waals surface area contributed by atoms with Gasteiger partial charge in [-0.3, -0.25) is 0 Å². The highest BCUT2D eigenvalue weighted by atomic mass is 15.1. The lowest BCUT2D eigenvalue weighted by molar-refractivity contribution is 0.252. The van der Waals surface area contributed by atoms with Crippen molar-refractivity contribution in [1.82, 2.24) is 4.98 Å². The van der Waals surface area contributed by atoms with E-state index in [2.05, 4.69) is 48.5 Å².